The minimum Gasteiger partial charge on any atom is -0.296 e. The van der Waals surface area contributed by atoms with E-state index >= 15 is 0 Å². The second kappa shape index (κ2) is 4.78. The van der Waals surface area contributed by atoms with Gasteiger partial charge in [0.15, 0.2) is 0 Å². The first kappa shape index (κ1) is 12.6. The maximum atomic E-state index is 13.1. The molecule has 0 saturated carbocycles. The van der Waals surface area contributed by atoms with E-state index in [1.165, 1.54) is 29.0 Å². The molecule has 0 bridgehead atoms. The average Bonchev–Trinajstić information content (AvgIpc) is 2.30. The molecular weight excluding hydrogens is 259 g/mol. The van der Waals surface area contributed by atoms with Crippen LogP contribution in [-0.2, 0) is 6.54 Å². The van der Waals surface area contributed by atoms with Crippen molar-refractivity contribution in [2.45, 2.75) is 13.5 Å². The van der Waals surface area contributed by atoms with Crippen molar-refractivity contribution in [1.29, 1.82) is 0 Å². The molecule has 1 aromatic carbocycles. The van der Waals surface area contributed by atoms with Crippen LogP contribution >= 0.6 is 11.6 Å². The summed E-state index contributed by atoms with van der Waals surface area (Å²) < 4.78 is 14.4. The Hall–Kier alpha value is -1.88. The van der Waals surface area contributed by atoms with Gasteiger partial charge in [0, 0.05) is 16.8 Å². The van der Waals surface area contributed by atoms with Gasteiger partial charge in [0.2, 0.25) is 0 Å². The number of hydrogen-bond donors (Lipinski definition) is 1. The molecule has 0 fully saturated rings. The fourth-order valence-corrected chi connectivity index (χ4v) is 1.76. The average molecular weight is 269 g/mol. The fraction of sp³-hybridized carbons (Fsp3) is 0.167. The first-order valence-electron chi connectivity index (χ1n) is 5.21. The van der Waals surface area contributed by atoms with Crippen molar-refractivity contribution >= 4 is 11.6 Å². The van der Waals surface area contributed by atoms with Gasteiger partial charge in [-0.1, -0.05) is 11.6 Å². The lowest BCUT2D eigenvalue weighted by molar-refractivity contribution is 0.621. The Kier molecular flexibility index (Phi) is 3.34. The van der Waals surface area contributed by atoms with E-state index in [1.54, 1.807) is 6.92 Å². The van der Waals surface area contributed by atoms with Crippen molar-refractivity contribution in [3.05, 3.63) is 67.2 Å². The zero-order chi connectivity index (χ0) is 13.3. The highest BCUT2D eigenvalue weighted by molar-refractivity contribution is 6.31. The summed E-state index contributed by atoms with van der Waals surface area (Å²) in [7, 11) is 0. The highest BCUT2D eigenvalue weighted by Crippen LogP contribution is 2.17. The van der Waals surface area contributed by atoms with Gasteiger partial charge in [0.1, 0.15) is 5.82 Å². The maximum Gasteiger partial charge on any atom is 0.328 e. The van der Waals surface area contributed by atoms with Gasteiger partial charge in [-0.3, -0.25) is 14.3 Å². The maximum absolute atomic E-state index is 13.1. The predicted octanol–water partition coefficient (Wildman–Crippen LogP) is 1.69. The molecule has 0 amide bonds. The number of aryl methyl sites for hydroxylation is 1. The molecule has 1 heterocycles. The minimum absolute atomic E-state index is 0.104. The molecule has 4 nitrogen and oxygen atoms in total. The Balaban J connectivity index is 2.46. The summed E-state index contributed by atoms with van der Waals surface area (Å²) in [5.41, 5.74) is -0.0974. The molecule has 0 saturated heterocycles. The molecule has 1 aromatic heterocycles. The fourth-order valence-electron chi connectivity index (χ4n) is 1.58. The summed E-state index contributed by atoms with van der Waals surface area (Å²) in [5.74, 6) is -0.427. The lowest BCUT2D eigenvalue weighted by Gasteiger charge is -2.07. The van der Waals surface area contributed by atoms with Gasteiger partial charge in [0.05, 0.1) is 6.54 Å². The largest absolute Gasteiger partial charge is 0.328 e. The number of aromatic nitrogens is 2. The lowest BCUT2D eigenvalue weighted by Crippen LogP contribution is -2.31. The van der Waals surface area contributed by atoms with Crippen molar-refractivity contribution < 1.29 is 4.39 Å². The SMILES string of the molecule is Cc1cn(Cc2cc(F)ccc2Cl)c(=O)[nH]c1=O. The Labute approximate surface area is 107 Å². The second-order valence-electron chi connectivity index (χ2n) is 3.94. The van der Waals surface area contributed by atoms with E-state index < -0.39 is 17.1 Å². The van der Waals surface area contributed by atoms with Gasteiger partial charge in [-0.25, -0.2) is 9.18 Å². The molecule has 0 aliphatic rings. The third-order valence-corrected chi connectivity index (χ3v) is 2.91. The molecule has 2 rings (SSSR count). The molecule has 94 valence electrons. The van der Waals surface area contributed by atoms with Gasteiger partial charge in [-0.15, -0.1) is 0 Å². The van der Waals surface area contributed by atoms with Crippen LogP contribution in [0, 0.1) is 12.7 Å². The number of H-pyrrole nitrogens is 1. The summed E-state index contributed by atoms with van der Waals surface area (Å²) >= 11 is 5.92. The van der Waals surface area contributed by atoms with Crippen LogP contribution in [0.25, 0.3) is 0 Å². The summed E-state index contributed by atoms with van der Waals surface area (Å²) in [4.78, 5) is 25.0. The van der Waals surface area contributed by atoms with Crippen LogP contribution < -0.4 is 11.2 Å². The van der Waals surface area contributed by atoms with Crippen molar-refractivity contribution in [3.8, 4) is 0 Å². The Morgan fingerprint density at radius 2 is 2.11 bits per heavy atom. The highest BCUT2D eigenvalue weighted by Gasteiger charge is 2.06. The molecule has 0 aliphatic heterocycles. The van der Waals surface area contributed by atoms with E-state index in [-0.39, 0.29) is 6.54 Å². The minimum atomic E-state index is -0.550. The molecule has 2 aromatic rings. The zero-order valence-electron chi connectivity index (χ0n) is 9.54. The number of aromatic amines is 1. The zero-order valence-corrected chi connectivity index (χ0v) is 10.3. The van der Waals surface area contributed by atoms with E-state index in [9.17, 15) is 14.0 Å². The van der Waals surface area contributed by atoms with Crippen LogP contribution in [0.3, 0.4) is 0 Å². The van der Waals surface area contributed by atoms with E-state index in [0.29, 0.717) is 16.1 Å². The van der Waals surface area contributed by atoms with Crippen LogP contribution in [0.1, 0.15) is 11.1 Å². The summed E-state index contributed by atoms with van der Waals surface area (Å²) in [6, 6.07) is 3.93. The summed E-state index contributed by atoms with van der Waals surface area (Å²) in [6.45, 7) is 1.69. The third kappa shape index (κ3) is 2.51. The number of benzene rings is 1. The van der Waals surface area contributed by atoms with Crippen LogP contribution in [0.5, 0.6) is 0 Å². The van der Waals surface area contributed by atoms with Crippen LogP contribution in [0.2, 0.25) is 5.02 Å². The molecule has 0 aliphatic carbocycles. The van der Waals surface area contributed by atoms with E-state index in [4.69, 9.17) is 11.6 Å². The molecular formula is C12H10ClFN2O2. The third-order valence-electron chi connectivity index (χ3n) is 2.54. The van der Waals surface area contributed by atoms with Gasteiger partial charge in [-0.2, -0.15) is 0 Å². The van der Waals surface area contributed by atoms with Crippen LogP contribution in [-0.4, -0.2) is 9.55 Å². The highest BCUT2D eigenvalue weighted by atomic mass is 35.5. The van der Waals surface area contributed by atoms with E-state index in [2.05, 4.69) is 4.98 Å². The number of halogens is 2. The number of rotatable bonds is 2. The Morgan fingerprint density at radius 1 is 1.39 bits per heavy atom. The predicted molar refractivity (Wildman–Crippen MR) is 66.6 cm³/mol. The van der Waals surface area contributed by atoms with Gasteiger partial charge in [0.25, 0.3) is 5.56 Å². The summed E-state index contributed by atoms with van der Waals surface area (Å²) in [5, 5.41) is 0.368. The molecule has 0 atom stereocenters. The second-order valence-corrected chi connectivity index (χ2v) is 4.34. The molecule has 18 heavy (non-hydrogen) atoms. The monoisotopic (exact) mass is 268 g/mol. The van der Waals surface area contributed by atoms with E-state index in [1.807, 2.05) is 0 Å². The summed E-state index contributed by atoms with van der Waals surface area (Å²) in [6.07, 6.45) is 1.42. The first-order chi connectivity index (χ1) is 8.47. The van der Waals surface area contributed by atoms with Crippen LogP contribution in [0.15, 0.2) is 34.0 Å². The topological polar surface area (TPSA) is 54.9 Å². The van der Waals surface area contributed by atoms with Gasteiger partial charge >= 0.3 is 5.69 Å². The molecule has 1 N–H and O–H groups in total. The molecule has 6 heteroatoms. The molecule has 0 radical (unpaired) electrons. The molecule has 0 spiro atoms. The van der Waals surface area contributed by atoms with Crippen molar-refractivity contribution in [1.82, 2.24) is 9.55 Å². The van der Waals surface area contributed by atoms with Crippen molar-refractivity contribution in [2.24, 2.45) is 0 Å². The van der Waals surface area contributed by atoms with Crippen molar-refractivity contribution in [2.75, 3.05) is 0 Å². The van der Waals surface area contributed by atoms with Crippen LogP contribution in [0.4, 0.5) is 4.39 Å². The quantitative estimate of drug-likeness (QED) is 0.901. The van der Waals surface area contributed by atoms with E-state index in [0.717, 1.165) is 0 Å². The number of hydrogen-bond acceptors (Lipinski definition) is 2. The van der Waals surface area contributed by atoms with Gasteiger partial charge in [-0.05, 0) is 30.7 Å². The standard InChI is InChI=1S/C12H10ClFN2O2/c1-7-5-16(12(18)15-11(7)17)6-8-4-9(14)2-3-10(8)13/h2-5H,6H2,1H3,(H,15,17,18). The van der Waals surface area contributed by atoms with Gasteiger partial charge < -0.3 is 0 Å². The van der Waals surface area contributed by atoms with Crippen molar-refractivity contribution in [3.63, 3.8) is 0 Å². The smallest absolute Gasteiger partial charge is 0.296 e. The Bertz CT molecular complexity index is 706. The molecule has 0 unspecified atom stereocenters. The normalized spacial score (nSPS) is 10.6. The number of nitrogens with one attached hydrogen (secondary N) is 1. The number of nitrogens with zero attached hydrogens (tertiary/aromatic N) is 1. The lowest BCUT2D eigenvalue weighted by atomic mass is 10.2. The first-order valence-corrected chi connectivity index (χ1v) is 5.59. The Morgan fingerprint density at radius 3 is 2.83 bits per heavy atom.